The van der Waals surface area contributed by atoms with E-state index in [1.807, 2.05) is 12.1 Å². The molecule has 2 unspecified atom stereocenters. The Morgan fingerprint density at radius 3 is 2.45 bits per heavy atom. The molecule has 1 heterocycles. The highest BCUT2D eigenvalue weighted by molar-refractivity contribution is 6.35. The van der Waals surface area contributed by atoms with Crippen LogP contribution in [-0.2, 0) is 0 Å². The largest absolute Gasteiger partial charge is 0.366 e. The summed E-state index contributed by atoms with van der Waals surface area (Å²) in [7, 11) is 0. The minimum Gasteiger partial charge on any atom is -0.366 e. The van der Waals surface area contributed by atoms with Gasteiger partial charge in [-0.15, -0.1) is 0 Å². The smallest absolute Gasteiger partial charge is 0.0441 e. The van der Waals surface area contributed by atoms with Gasteiger partial charge in [0.25, 0.3) is 0 Å². The Morgan fingerprint density at radius 2 is 1.90 bits per heavy atom. The molecule has 1 aromatic rings. The predicted octanol–water partition coefficient (Wildman–Crippen LogP) is 4.60. The SMILES string of the molecule is CCC1CNC(CC(C)C)CN1c1cc(Cl)cc(Cl)c1. The molecule has 1 aliphatic heterocycles. The van der Waals surface area contributed by atoms with Gasteiger partial charge in [0, 0.05) is 40.9 Å². The first-order chi connectivity index (χ1) is 9.49. The molecule has 1 aromatic carbocycles. The lowest BCUT2D eigenvalue weighted by Gasteiger charge is -2.42. The number of rotatable bonds is 4. The molecule has 0 amide bonds. The van der Waals surface area contributed by atoms with Gasteiger partial charge in [0.15, 0.2) is 0 Å². The second-order valence-corrected chi connectivity index (χ2v) is 6.95. The van der Waals surface area contributed by atoms with Crippen LogP contribution in [0.3, 0.4) is 0 Å². The fourth-order valence-electron chi connectivity index (χ4n) is 2.98. The van der Waals surface area contributed by atoms with E-state index in [0.717, 1.165) is 25.2 Å². The van der Waals surface area contributed by atoms with Gasteiger partial charge in [0.1, 0.15) is 0 Å². The standard InChI is InChI=1S/C16H24Cl2N2/c1-4-15-9-19-14(5-11(2)3)10-20(15)16-7-12(17)6-13(18)8-16/h6-8,11,14-15,19H,4-5,9-10H2,1-3H3. The summed E-state index contributed by atoms with van der Waals surface area (Å²) in [5, 5.41) is 5.09. The molecule has 2 atom stereocenters. The van der Waals surface area contributed by atoms with Crippen LogP contribution < -0.4 is 10.2 Å². The molecule has 0 aromatic heterocycles. The number of hydrogen-bond acceptors (Lipinski definition) is 2. The second-order valence-electron chi connectivity index (χ2n) is 6.08. The van der Waals surface area contributed by atoms with E-state index in [1.54, 1.807) is 6.07 Å². The molecule has 1 fully saturated rings. The lowest BCUT2D eigenvalue weighted by atomic mass is 9.98. The van der Waals surface area contributed by atoms with Crippen LogP contribution in [0.5, 0.6) is 0 Å². The Kier molecular flexibility index (Phi) is 5.59. The van der Waals surface area contributed by atoms with E-state index in [1.165, 1.54) is 6.42 Å². The van der Waals surface area contributed by atoms with Crippen molar-refractivity contribution in [3.05, 3.63) is 28.2 Å². The highest BCUT2D eigenvalue weighted by atomic mass is 35.5. The van der Waals surface area contributed by atoms with Crippen LogP contribution in [0.1, 0.15) is 33.6 Å². The Hall–Kier alpha value is -0.440. The quantitative estimate of drug-likeness (QED) is 0.874. The van der Waals surface area contributed by atoms with Crippen LogP contribution in [0.4, 0.5) is 5.69 Å². The zero-order chi connectivity index (χ0) is 14.7. The first-order valence-corrected chi connectivity index (χ1v) is 8.21. The van der Waals surface area contributed by atoms with Crippen LogP contribution in [0.25, 0.3) is 0 Å². The average Bonchev–Trinajstić information content (AvgIpc) is 2.36. The topological polar surface area (TPSA) is 15.3 Å². The van der Waals surface area contributed by atoms with Crippen molar-refractivity contribution in [2.75, 3.05) is 18.0 Å². The van der Waals surface area contributed by atoms with Crippen LogP contribution in [-0.4, -0.2) is 25.2 Å². The molecule has 2 rings (SSSR count). The minimum absolute atomic E-state index is 0.507. The van der Waals surface area contributed by atoms with Crippen LogP contribution >= 0.6 is 23.2 Å². The summed E-state index contributed by atoms with van der Waals surface area (Å²) in [6.07, 6.45) is 2.31. The molecule has 1 aliphatic rings. The summed E-state index contributed by atoms with van der Waals surface area (Å²) in [6.45, 7) is 8.82. The van der Waals surface area contributed by atoms with Crippen molar-refractivity contribution < 1.29 is 0 Å². The van der Waals surface area contributed by atoms with Crippen molar-refractivity contribution in [1.82, 2.24) is 5.32 Å². The van der Waals surface area contributed by atoms with Crippen molar-refractivity contribution in [1.29, 1.82) is 0 Å². The van der Waals surface area contributed by atoms with Gasteiger partial charge in [-0.1, -0.05) is 44.0 Å². The fourth-order valence-corrected chi connectivity index (χ4v) is 3.49. The van der Waals surface area contributed by atoms with E-state index in [-0.39, 0.29) is 0 Å². The molecule has 0 radical (unpaired) electrons. The normalized spacial score (nSPS) is 23.4. The second kappa shape index (κ2) is 7.02. The fraction of sp³-hybridized carbons (Fsp3) is 0.625. The van der Waals surface area contributed by atoms with Gasteiger partial charge >= 0.3 is 0 Å². The van der Waals surface area contributed by atoms with Gasteiger partial charge in [0.05, 0.1) is 0 Å². The third-order valence-corrected chi connectivity index (χ3v) is 4.34. The molecule has 1 saturated heterocycles. The maximum absolute atomic E-state index is 6.15. The van der Waals surface area contributed by atoms with Crippen LogP contribution in [0.15, 0.2) is 18.2 Å². The van der Waals surface area contributed by atoms with Gasteiger partial charge in [0.2, 0.25) is 0 Å². The van der Waals surface area contributed by atoms with Crippen LogP contribution in [0.2, 0.25) is 10.0 Å². The summed E-state index contributed by atoms with van der Waals surface area (Å²) in [5.74, 6) is 0.704. The maximum Gasteiger partial charge on any atom is 0.0441 e. The van der Waals surface area contributed by atoms with Crippen molar-refractivity contribution in [3.8, 4) is 0 Å². The molecular formula is C16H24Cl2N2. The Labute approximate surface area is 132 Å². The lowest BCUT2D eigenvalue weighted by Crippen LogP contribution is -2.56. The van der Waals surface area contributed by atoms with Crippen molar-refractivity contribution in [2.24, 2.45) is 5.92 Å². The Morgan fingerprint density at radius 1 is 1.25 bits per heavy atom. The van der Waals surface area contributed by atoms with Crippen molar-refractivity contribution >= 4 is 28.9 Å². The summed E-state index contributed by atoms with van der Waals surface area (Å²) in [4.78, 5) is 2.46. The first-order valence-electron chi connectivity index (χ1n) is 7.45. The van der Waals surface area contributed by atoms with Gasteiger partial charge in [-0.3, -0.25) is 0 Å². The molecule has 1 N–H and O–H groups in total. The number of benzene rings is 1. The van der Waals surface area contributed by atoms with E-state index in [9.17, 15) is 0 Å². The van der Waals surface area contributed by atoms with E-state index >= 15 is 0 Å². The number of nitrogens with one attached hydrogen (secondary N) is 1. The molecule has 0 aliphatic carbocycles. The van der Waals surface area contributed by atoms with Gasteiger partial charge in [-0.2, -0.15) is 0 Å². The number of anilines is 1. The third-order valence-electron chi connectivity index (χ3n) is 3.91. The maximum atomic E-state index is 6.15. The molecule has 112 valence electrons. The van der Waals surface area contributed by atoms with Crippen LogP contribution in [0, 0.1) is 5.92 Å². The third kappa shape index (κ3) is 4.03. The molecular weight excluding hydrogens is 291 g/mol. The van der Waals surface area contributed by atoms with Gasteiger partial charge in [-0.25, -0.2) is 0 Å². The number of halogens is 2. The highest BCUT2D eigenvalue weighted by Gasteiger charge is 2.27. The summed E-state index contributed by atoms with van der Waals surface area (Å²) in [6, 6.07) is 6.88. The predicted molar refractivity (Wildman–Crippen MR) is 89.1 cm³/mol. The van der Waals surface area contributed by atoms with E-state index < -0.39 is 0 Å². The van der Waals surface area contributed by atoms with E-state index in [2.05, 4.69) is 31.0 Å². The molecule has 20 heavy (non-hydrogen) atoms. The van der Waals surface area contributed by atoms with E-state index in [0.29, 0.717) is 28.0 Å². The molecule has 0 saturated carbocycles. The molecule has 4 heteroatoms. The summed E-state index contributed by atoms with van der Waals surface area (Å²) >= 11 is 12.3. The lowest BCUT2D eigenvalue weighted by molar-refractivity contribution is 0.343. The van der Waals surface area contributed by atoms with Gasteiger partial charge < -0.3 is 10.2 Å². The first kappa shape index (κ1) is 15.9. The molecule has 0 spiro atoms. The van der Waals surface area contributed by atoms with Gasteiger partial charge in [-0.05, 0) is 37.0 Å². The van der Waals surface area contributed by atoms with Crippen molar-refractivity contribution in [3.63, 3.8) is 0 Å². The number of nitrogens with zero attached hydrogens (tertiary/aromatic N) is 1. The average molecular weight is 315 g/mol. The zero-order valence-electron chi connectivity index (χ0n) is 12.5. The number of piperazine rings is 1. The minimum atomic E-state index is 0.507. The number of hydrogen-bond donors (Lipinski definition) is 1. The summed E-state index contributed by atoms with van der Waals surface area (Å²) in [5.41, 5.74) is 1.14. The zero-order valence-corrected chi connectivity index (χ0v) is 14.0. The summed E-state index contributed by atoms with van der Waals surface area (Å²) < 4.78 is 0. The highest BCUT2D eigenvalue weighted by Crippen LogP contribution is 2.29. The Balaban J connectivity index is 2.19. The monoisotopic (exact) mass is 314 g/mol. The van der Waals surface area contributed by atoms with E-state index in [4.69, 9.17) is 23.2 Å². The van der Waals surface area contributed by atoms with Crippen molar-refractivity contribution in [2.45, 2.75) is 45.7 Å². The Bertz CT molecular complexity index is 428. The molecule has 2 nitrogen and oxygen atoms in total. The molecule has 0 bridgehead atoms.